The zero-order valence-corrected chi connectivity index (χ0v) is 26.8. The molecule has 238 valence electrons. The maximum Gasteiger partial charge on any atom is 0.527 e. The summed E-state index contributed by atoms with van der Waals surface area (Å²) in [6.07, 6.45) is 6.32. The zero-order valence-electron chi connectivity index (χ0n) is 25.0. The Morgan fingerprint density at radius 3 is 1.95 bits per heavy atom. The Kier molecular flexibility index (Phi) is 8.73. The van der Waals surface area contributed by atoms with Crippen molar-refractivity contribution in [3.8, 4) is 11.5 Å². The van der Waals surface area contributed by atoms with Crippen LogP contribution in [0.2, 0.25) is 0 Å². The van der Waals surface area contributed by atoms with E-state index in [0.29, 0.717) is 41.7 Å². The van der Waals surface area contributed by atoms with Gasteiger partial charge in [-0.05, 0) is 74.4 Å². The van der Waals surface area contributed by atoms with Gasteiger partial charge in [0.15, 0.2) is 0 Å². The van der Waals surface area contributed by atoms with Gasteiger partial charge < -0.3 is 19.0 Å². The summed E-state index contributed by atoms with van der Waals surface area (Å²) >= 11 is 0. The molecule has 44 heavy (non-hydrogen) atoms. The van der Waals surface area contributed by atoms with Gasteiger partial charge in [-0.25, -0.2) is 9.13 Å². The number of hydrogen-bond acceptors (Lipinski definition) is 7. The highest BCUT2D eigenvalue weighted by molar-refractivity contribution is 7.47. The lowest BCUT2D eigenvalue weighted by atomic mass is 9.90. The third-order valence-electron chi connectivity index (χ3n) is 9.11. The van der Waals surface area contributed by atoms with Gasteiger partial charge in [0.05, 0.1) is 6.61 Å². The van der Waals surface area contributed by atoms with Crippen LogP contribution in [0.1, 0.15) is 38.3 Å². The lowest BCUT2D eigenvalue weighted by Gasteiger charge is -2.46. The second-order valence-corrected chi connectivity index (χ2v) is 14.7. The molecule has 2 aliphatic rings. The molecule has 2 saturated heterocycles. The highest BCUT2D eigenvalue weighted by Gasteiger charge is 2.38. The molecule has 5 unspecified atom stereocenters. The molecule has 4 aromatic rings. The van der Waals surface area contributed by atoms with Gasteiger partial charge >= 0.3 is 15.6 Å². The minimum Gasteiger partial charge on any atom is -0.404 e. The third-order valence-corrected chi connectivity index (χ3v) is 10.4. The van der Waals surface area contributed by atoms with E-state index in [1.165, 1.54) is 12.5 Å². The van der Waals surface area contributed by atoms with Crippen molar-refractivity contribution < 1.29 is 37.4 Å². The minimum atomic E-state index is -4.72. The van der Waals surface area contributed by atoms with Crippen molar-refractivity contribution in [3.63, 3.8) is 0 Å². The van der Waals surface area contributed by atoms with Crippen LogP contribution in [0.4, 0.5) is 0 Å². The summed E-state index contributed by atoms with van der Waals surface area (Å²) in [7, 11) is -9.15. The average molecular weight is 647 g/mol. The first-order valence-corrected chi connectivity index (χ1v) is 18.0. The van der Waals surface area contributed by atoms with Crippen LogP contribution in [-0.4, -0.2) is 78.8 Å². The van der Waals surface area contributed by atoms with E-state index in [-0.39, 0.29) is 24.3 Å². The molecule has 12 nitrogen and oxygen atoms in total. The highest BCUT2D eigenvalue weighted by atomic mass is 31.2. The number of phosphoric acid groups is 2. The Labute approximate surface area is 256 Å². The average Bonchev–Trinajstić information content (AvgIpc) is 3.55. The molecule has 5 N–H and O–H groups in total. The van der Waals surface area contributed by atoms with E-state index in [1.807, 2.05) is 24.5 Å². The van der Waals surface area contributed by atoms with Gasteiger partial charge in [-0.2, -0.15) is 0 Å². The van der Waals surface area contributed by atoms with Crippen LogP contribution in [-0.2, 0) is 26.5 Å². The molecule has 0 bridgehead atoms. The number of hydrogen-bond donors (Lipinski definition) is 5. The van der Waals surface area contributed by atoms with Gasteiger partial charge in [-0.3, -0.25) is 29.0 Å². The van der Waals surface area contributed by atoms with E-state index >= 15 is 0 Å². The van der Waals surface area contributed by atoms with Gasteiger partial charge in [0.25, 0.3) is 0 Å². The normalized spacial score (nSPS) is 24.2. The number of H-pyrrole nitrogens is 2. The third kappa shape index (κ3) is 6.64. The monoisotopic (exact) mass is 646 g/mol. The first-order valence-electron chi connectivity index (χ1n) is 15.0. The molecule has 6 rings (SSSR count). The van der Waals surface area contributed by atoms with Crippen molar-refractivity contribution in [2.24, 2.45) is 5.92 Å². The summed E-state index contributed by atoms with van der Waals surface area (Å²) in [4.78, 5) is 40.4. The second-order valence-electron chi connectivity index (χ2n) is 12.1. The minimum absolute atomic E-state index is 0.0239. The van der Waals surface area contributed by atoms with E-state index in [1.54, 1.807) is 18.2 Å². The van der Waals surface area contributed by atoms with E-state index in [0.717, 1.165) is 41.5 Å². The van der Waals surface area contributed by atoms with Crippen LogP contribution in [0.5, 0.6) is 11.5 Å². The van der Waals surface area contributed by atoms with Gasteiger partial charge in [-0.1, -0.05) is 19.1 Å². The van der Waals surface area contributed by atoms with Crippen molar-refractivity contribution in [1.29, 1.82) is 0 Å². The van der Waals surface area contributed by atoms with Crippen molar-refractivity contribution in [2.45, 2.75) is 58.2 Å². The predicted octanol–water partition coefficient (Wildman–Crippen LogP) is 5.20. The number of nitrogens with one attached hydrogen (secondary N) is 2. The van der Waals surface area contributed by atoms with Crippen LogP contribution in [0.25, 0.3) is 21.8 Å². The highest BCUT2D eigenvalue weighted by Crippen LogP contribution is 2.47. The van der Waals surface area contributed by atoms with Crippen LogP contribution in [0.3, 0.4) is 0 Å². The summed E-state index contributed by atoms with van der Waals surface area (Å²) in [5.74, 6) is 0.686. The molecular weight excluding hydrogens is 606 g/mol. The molecule has 4 heterocycles. The fourth-order valence-corrected chi connectivity index (χ4v) is 8.03. The number of aromatic nitrogens is 2. The molecule has 14 heteroatoms. The number of phosphoric ester groups is 2. The van der Waals surface area contributed by atoms with Crippen molar-refractivity contribution in [2.75, 3.05) is 26.2 Å². The quantitative estimate of drug-likeness (QED) is 0.122. The SMILES string of the molecule is CC1CN(CCc2c[nH]c3cccc(OP(=O)(O)O)c23)C1COP(=O)(O)Oc1cccc2[nH]cc(CCN3C(C)CC3C)c12. The van der Waals surface area contributed by atoms with Crippen LogP contribution in [0, 0.1) is 5.92 Å². The standard InChI is InChI=1S/C30H40N4O8P2/c1-19-17-33(12-10-22-15-31-24-6-4-8-27(29(22)24)41-43(35,36)37)26(19)18-40-44(38,39)42-28-9-5-7-25-30(28)23(16-32-25)11-13-34-20(2)14-21(34)3/h4-9,15-16,19-21,26,31-32H,10-14,17-18H2,1-3H3,(H,38,39)(H2,35,36,37). The van der Waals surface area contributed by atoms with Crippen LogP contribution >= 0.6 is 15.6 Å². The Hall–Kier alpha value is -2.66. The van der Waals surface area contributed by atoms with Crippen LogP contribution < -0.4 is 9.05 Å². The van der Waals surface area contributed by atoms with E-state index in [2.05, 4.69) is 40.5 Å². The topological polar surface area (TPSA) is 161 Å². The molecule has 2 aromatic carbocycles. The Bertz CT molecular complexity index is 1730. The van der Waals surface area contributed by atoms with Crippen molar-refractivity contribution in [3.05, 3.63) is 59.9 Å². The van der Waals surface area contributed by atoms with Gasteiger partial charge in [0.2, 0.25) is 0 Å². The number of nitrogens with zero attached hydrogens (tertiary/aromatic N) is 2. The molecule has 0 spiro atoms. The largest absolute Gasteiger partial charge is 0.527 e. The Morgan fingerprint density at radius 2 is 1.41 bits per heavy atom. The van der Waals surface area contributed by atoms with Crippen molar-refractivity contribution in [1.82, 2.24) is 19.8 Å². The summed E-state index contributed by atoms with van der Waals surface area (Å²) < 4.78 is 40.8. The predicted molar refractivity (Wildman–Crippen MR) is 168 cm³/mol. The number of benzene rings is 2. The lowest BCUT2D eigenvalue weighted by Crippen LogP contribution is -2.57. The van der Waals surface area contributed by atoms with Crippen molar-refractivity contribution >= 4 is 37.5 Å². The first-order chi connectivity index (χ1) is 20.9. The number of rotatable bonds is 13. The molecule has 0 radical (unpaired) electrons. The molecule has 2 aromatic heterocycles. The summed E-state index contributed by atoms with van der Waals surface area (Å²) in [5, 5.41) is 1.42. The van der Waals surface area contributed by atoms with E-state index in [4.69, 9.17) is 13.6 Å². The Balaban J connectivity index is 1.08. The summed E-state index contributed by atoms with van der Waals surface area (Å²) in [6, 6.07) is 11.5. The first kappa shape index (κ1) is 31.3. The molecule has 0 saturated carbocycles. The molecular formula is C30H40N4O8P2. The maximum absolute atomic E-state index is 13.2. The Morgan fingerprint density at radius 1 is 0.841 bits per heavy atom. The molecule has 2 fully saturated rings. The number of fused-ring (bicyclic) bond motifs is 2. The summed E-state index contributed by atoms with van der Waals surface area (Å²) in [6.45, 7) is 8.87. The van der Waals surface area contributed by atoms with Gasteiger partial charge in [-0.15, -0.1) is 0 Å². The summed E-state index contributed by atoms with van der Waals surface area (Å²) in [5.41, 5.74) is 3.44. The lowest BCUT2D eigenvalue weighted by molar-refractivity contribution is -0.00921. The fraction of sp³-hybridized carbons (Fsp3) is 0.467. The van der Waals surface area contributed by atoms with Gasteiger partial charge in [0.1, 0.15) is 11.5 Å². The number of aromatic amines is 2. The van der Waals surface area contributed by atoms with E-state index < -0.39 is 15.6 Å². The molecule has 2 aliphatic heterocycles. The zero-order chi connectivity index (χ0) is 31.2. The molecule has 0 amide bonds. The maximum atomic E-state index is 13.2. The van der Waals surface area contributed by atoms with E-state index in [9.17, 15) is 23.8 Å². The molecule has 5 atom stereocenters. The van der Waals surface area contributed by atoms with Gasteiger partial charge in [0, 0.05) is 72.0 Å². The fourth-order valence-electron chi connectivity index (χ4n) is 6.83. The second kappa shape index (κ2) is 12.3. The number of likely N-dealkylation sites (tertiary alicyclic amines) is 2. The smallest absolute Gasteiger partial charge is 0.404 e. The molecule has 0 aliphatic carbocycles. The van der Waals surface area contributed by atoms with Crippen LogP contribution in [0.15, 0.2) is 48.8 Å².